The van der Waals surface area contributed by atoms with E-state index in [1.165, 1.54) is 0 Å². The highest BCUT2D eigenvalue weighted by Gasteiger charge is 2.25. The number of halogens is 2. The fourth-order valence-corrected chi connectivity index (χ4v) is 4.07. The molecule has 0 radical (unpaired) electrons. The van der Waals surface area contributed by atoms with Gasteiger partial charge in [0.1, 0.15) is 5.75 Å². The Morgan fingerprint density at radius 3 is 2.77 bits per heavy atom. The number of hydrogen-bond acceptors (Lipinski definition) is 6. The van der Waals surface area contributed by atoms with Gasteiger partial charge in [0.25, 0.3) is 5.91 Å². The molecule has 1 amide bonds. The van der Waals surface area contributed by atoms with Gasteiger partial charge >= 0.3 is 0 Å². The number of rotatable bonds is 6. The summed E-state index contributed by atoms with van der Waals surface area (Å²) in [5.74, 6) is 1.16. The molecule has 166 valence electrons. The van der Waals surface area contributed by atoms with E-state index in [0.717, 1.165) is 56.9 Å². The van der Waals surface area contributed by atoms with Crippen molar-refractivity contribution in [2.45, 2.75) is 25.3 Å². The zero-order valence-corrected chi connectivity index (χ0v) is 18.8. The molecule has 0 saturated carbocycles. The van der Waals surface area contributed by atoms with Gasteiger partial charge in [0.15, 0.2) is 5.69 Å². The van der Waals surface area contributed by atoms with Crippen LogP contribution in [-0.2, 0) is 0 Å². The van der Waals surface area contributed by atoms with E-state index in [4.69, 9.17) is 4.74 Å². The maximum Gasteiger partial charge on any atom is 0.273 e. The number of anilines is 1. The van der Waals surface area contributed by atoms with Gasteiger partial charge in [-0.3, -0.25) is 4.79 Å². The highest BCUT2D eigenvalue weighted by Crippen LogP contribution is 2.31. The molecule has 0 bridgehead atoms. The molecule has 2 aromatic rings. The Balaban J connectivity index is 0.00000160. The van der Waals surface area contributed by atoms with Gasteiger partial charge in [-0.2, -0.15) is 0 Å². The number of benzene rings is 1. The highest BCUT2D eigenvalue weighted by atomic mass is 35.5. The molecule has 1 atom stereocenters. The van der Waals surface area contributed by atoms with Crippen LogP contribution in [0.1, 0.15) is 35.8 Å². The number of nitrogens with one attached hydrogen (secondary N) is 2. The third-order valence-corrected chi connectivity index (χ3v) is 5.69. The Hall–Kier alpha value is -2.03. The second-order valence-corrected chi connectivity index (χ2v) is 7.55. The molecule has 1 unspecified atom stereocenters. The zero-order valence-electron chi connectivity index (χ0n) is 17.1. The minimum Gasteiger partial charge on any atom is -0.495 e. The summed E-state index contributed by atoms with van der Waals surface area (Å²) in [6, 6.07) is 8.40. The summed E-state index contributed by atoms with van der Waals surface area (Å²) < 4.78 is 7.31. The van der Waals surface area contributed by atoms with E-state index < -0.39 is 0 Å². The van der Waals surface area contributed by atoms with Gasteiger partial charge in [-0.25, -0.2) is 4.68 Å². The smallest absolute Gasteiger partial charge is 0.273 e. The molecule has 1 aromatic carbocycles. The van der Waals surface area contributed by atoms with Crippen molar-refractivity contribution in [2.24, 2.45) is 5.92 Å². The van der Waals surface area contributed by atoms with Crippen molar-refractivity contribution in [1.82, 2.24) is 25.6 Å². The molecule has 30 heavy (non-hydrogen) atoms. The minimum atomic E-state index is -0.143. The number of carbonyl (C=O) groups is 1. The molecule has 8 nitrogen and oxygen atoms in total. The van der Waals surface area contributed by atoms with Gasteiger partial charge in [-0.05, 0) is 50.4 Å². The molecule has 2 aliphatic heterocycles. The van der Waals surface area contributed by atoms with Crippen LogP contribution < -0.4 is 20.3 Å². The van der Waals surface area contributed by atoms with Crippen LogP contribution in [0.5, 0.6) is 5.75 Å². The third kappa shape index (κ3) is 5.56. The zero-order chi connectivity index (χ0) is 19.3. The normalized spacial score (nSPS) is 19.0. The summed E-state index contributed by atoms with van der Waals surface area (Å²) in [7, 11) is 1.70. The Bertz CT molecular complexity index is 812. The fraction of sp³-hybridized carbons (Fsp3) is 0.550. The maximum atomic E-state index is 12.5. The Kier molecular flexibility index (Phi) is 9.20. The van der Waals surface area contributed by atoms with Crippen LogP contribution >= 0.6 is 24.8 Å². The topological polar surface area (TPSA) is 84.3 Å². The van der Waals surface area contributed by atoms with Gasteiger partial charge in [0, 0.05) is 19.6 Å². The van der Waals surface area contributed by atoms with Gasteiger partial charge in [-0.15, -0.1) is 29.9 Å². The third-order valence-electron chi connectivity index (χ3n) is 5.69. The Labute approximate surface area is 189 Å². The SMILES string of the molecule is COc1ccccc1N1CCC(CNC(=O)c2cn(C3CCNCC3)nn2)C1.Cl.Cl. The Morgan fingerprint density at radius 1 is 1.23 bits per heavy atom. The van der Waals surface area contributed by atoms with Crippen LogP contribution in [0.3, 0.4) is 0 Å². The molecule has 2 aliphatic rings. The number of hydrogen-bond donors (Lipinski definition) is 2. The van der Waals surface area contributed by atoms with Crippen molar-refractivity contribution in [3.05, 3.63) is 36.2 Å². The number of para-hydroxylation sites is 2. The predicted octanol–water partition coefficient (Wildman–Crippen LogP) is 2.31. The molecule has 1 aromatic heterocycles. The monoisotopic (exact) mass is 456 g/mol. The summed E-state index contributed by atoms with van der Waals surface area (Å²) >= 11 is 0. The summed E-state index contributed by atoms with van der Waals surface area (Å²) in [6.07, 6.45) is 4.86. The maximum absolute atomic E-state index is 12.5. The molecule has 0 aliphatic carbocycles. The number of methoxy groups -OCH3 is 1. The molecule has 2 N–H and O–H groups in total. The number of amides is 1. The van der Waals surface area contributed by atoms with E-state index in [2.05, 4.69) is 31.9 Å². The van der Waals surface area contributed by atoms with Crippen molar-refractivity contribution in [2.75, 3.05) is 44.7 Å². The molecule has 2 fully saturated rings. The molecule has 2 saturated heterocycles. The first-order valence-corrected chi connectivity index (χ1v) is 10.0. The van der Waals surface area contributed by atoms with E-state index in [-0.39, 0.29) is 30.7 Å². The Morgan fingerprint density at radius 2 is 2.00 bits per heavy atom. The average Bonchev–Trinajstić information content (AvgIpc) is 3.43. The van der Waals surface area contributed by atoms with E-state index in [1.807, 2.05) is 22.9 Å². The number of aromatic nitrogens is 3. The summed E-state index contributed by atoms with van der Waals surface area (Å²) in [5, 5.41) is 14.6. The number of ether oxygens (including phenoxy) is 1. The highest BCUT2D eigenvalue weighted by molar-refractivity contribution is 5.91. The van der Waals surface area contributed by atoms with Crippen molar-refractivity contribution in [1.29, 1.82) is 0 Å². The number of nitrogens with zero attached hydrogens (tertiary/aromatic N) is 4. The predicted molar refractivity (Wildman–Crippen MR) is 121 cm³/mol. The van der Waals surface area contributed by atoms with Crippen molar-refractivity contribution in [3.8, 4) is 5.75 Å². The lowest BCUT2D eigenvalue weighted by atomic mass is 10.1. The summed E-state index contributed by atoms with van der Waals surface area (Å²) in [5.41, 5.74) is 1.52. The first-order chi connectivity index (χ1) is 13.7. The summed E-state index contributed by atoms with van der Waals surface area (Å²) in [6.45, 7) is 4.48. The average molecular weight is 457 g/mol. The van der Waals surface area contributed by atoms with E-state index >= 15 is 0 Å². The van der Waals surface area contributed by atoms with Gasteiger partial charge in [0.2, 0.25) is 0 Å². The number of carbonyl (C=O) groups excluding carboxylic acids is 1. The van der Waals surface area contributed by atoms with Gasteiger partial charge < -0.3 is 20.3 Å². The van der Waals surface area contributed by atoms with Crippen LogP contribution in [-0.4, -0.2) is 60.7 Å². The molecule has 10 heteroatoms. The molecular formula is C20H30Cl2N6O2. The van der Waals surface area contributed by atoms with Crippen molar-refractivity contribution >= 4 is 36.4 Å². The van der Waals surface area contributed by atoms with Gasteiger partial charge in [0.05, 0.1) is 25.0 Å². The van der Waals surface area contributed by atoms with Crippen LogP contribution in [0, 0.1) is 5.92 Å². The molecule has 0 spiro atoms. The first kappa shape index (κ1) is 24.2. The second kappa shape index (κ2) is 11.4. The lowest BCUT2D eigenvalue weighted by Crippen LogP contribution is -2.31. The summed E-state index contributed by atoms with van der Waals surface area (Å²) in [4.78, 5) is 14.8. The lowest BCUT2D eigenvalue weighted by Gasteiger charge is -2.22. The molecule has 4 rings (SSSR count). The van der Waals surface area contributed by atoms with Crippen LogP contribution in [0.2, 0.25) is 0 Å². The molecular weight excluding hydrogens is 427 g/mol. The van der Waals surface area contributed by atoms with Crippen molar-refractivity contribution in [3.63, 3.8) is 0 Å². The molecule has 3 heterocycles. The quantitative estimate of drug-likeness (QED) is 0.693. The van der Waals surface area contributed by atoms with E-state index in [0.29, 0.717) is 24.2 Å². The number of piperidine rings is 1. The lowest BCUT2D eigenvalue weighted by molar-refractivity contribution is 0.0943. The van der Waals surface area contributed by atoms with Gasteiger partial charge in [-0.1, -0.05) is 17.3 Å². The first-order valence-electron chi connectivity index (χ1n) is 10.0. The van der Waals surface area contributed by atoms with E-state index in [1.54, 1.807) is 13.3 Å². The van der Waals surface area contributed by atoms with Crippen LogP contribution in [0.4, 0.5) is 5.69 Å². The fourth-order valence-electron chi connectivity index (χ4n) is 4.07. The standard InChI is InChI=1S/C20H28N6O2.2ClH/c1-28-19-5-3-2-4-18(19)25-11-8-15(13-25)12-22-20(27)17-14-26(24-23-17)16-6-9-21-10-7-16;;/h2-5,14-16,21H,6-13H2,1H3,(H,22,27);2*1H. The van der Waals surface area contributed by atoms with E-state index in [9.17, 15) is 4.79 Å². The van der Waals surface area contributed by atoms with Crippen LogP contribution in [0.25, 0.3) is 0 Å². The second-order valence-electron chi connectivity index (χ2n) is 7.55. The minimum absolute atomic E-state index is 0. The van der Waals surface area contributed by atoms with Crippen LogP contribution in [0.15, 0.2) is 30.5 Å². The van der Waals surface area contributed by atoms with Crippen molar-refractivity contribution < 1.29 is 9.53 Å². The largest absolute Gasteiger partial charge is 0.495 e.